The maximum Gasteiger partial charge on any atom is 0.243 e. The molecule has 5 nitrogen and oxygen atoms in total. The molecule has 0 spiro atoms. The van der Waals surface area contributed by atoms with E-state index < -0.39 is 11.7 Å². The minimum atomic E-state index is -0.579. The fourth-order valence-corrected chi connectivity index (χ4v) is 2.89. The predicted octanol–water partition coefficient (Wildman–Crippen LogP) is 3.65. The molecule has 25 heavy (non-hydrogen) atoms. The molecule has 0 fully saturated rings. The van der Waals surface area contributed by atoms with Crippen molar-refractivity contribution >= 4 is 46.2 Å². The van der Waals surface area contributed by atoms with E-state index in [1.807, 2.05) is 5.38 Å². The minimum Gasteiger partial charge on any atom is -0.347 e. The van der Waals surface area contributed by atoms with E-state index >= 15 is 0 Å². The first-order valence-corrected chi connectivity index (χ1v) is 8.80. The highest BCUT2D eigenvalue weighted by Crippen LogP contribution is 2.19. The van der Waals surface area contributed by atoms with Gasteiger partial charge in [0.25, 0.3) is 0 Å². The van der Waals surface area contributed by atoms with Gasteiger partial charge in [0, 0.05) is 18.5 Å². The Hall–Kier alpha value is -2.25. The van der Waals surface area contributed by atoms with Crippen LogP contribution in [0.2, 0.25) is 5.02 Å². The molecule has 2 aromatic rings. The highest BCUT2D eigenvalue weighted by Gasteiger charge is 2.10. The maximum absolute atomic E-state index is 13.0. The second-order valence-corrected chi connectivity index (χ2v) is 6.56. The SMILES string of the molecule is O=C(CCCC(=O)c1cccs1)NCC(=O)Nc1ccc(F)c(Cl)c1. The molecule has 1 aromatic carbocycles. The molecule has 0 bridgehead atoms. The first-order valence-electron chi connectivity index (χ1n) is 7.54. The van der Waals surface area contributed by atoms with Gasteiger partial charge in [-0.2, -0.15) is 0 Å². The van der Waals surface area contributed by atoms with Crippen LogP contribution < -0.4 is 10.6 Å². The number of thiophene rings is 1. The number of hydrogen-bond acceptors (Lipinski definition) is 4. The monoisotopic (exact) mass is 382 g/mol. The van der Waals surface area contributed by atoms with Crippen molar-refractivity contribution in [1.29, 1.82) is 0 Å². The maximum atomic E-state index is 13.0. The average molecular weight is 383 g/mol. The van der Waals surface area contributed by atoms with Crippen LogP contribution in [0.25, 0.3) is 0 Å². The molecule has 1 heterocycles. The van der Waals surface area contributed by atoms with Crippen LogP contribution in [0.3, 0.4) is 0 Å². The van der Waals surface area contributed by atoms with Gasteiger partial charge in [-0.05, 0) is 36.1 Å². The number of halogens is 2. The smallest absolute Gasteiger partial charge is 0.243 e. The summed E-state index contributed by atoms with van der Waals surface area (Å²) in [6, 6.07) is 7.35. The topological polar surface area (TPSA) is 75.3 Å². The van der Waals surface area contributed by atoms with Gasteiger partial charge < -0.3 is 10.6 Å². The Morgan fingerprint density at radius 1 is 1.12 bits per heavy atom. The summed E-state index contributed by atoms with van der Waals surface area (Å²) < 4.78 is 13.0. The van der Waals surface area contributed by atoms with E-state index in [2.05, 4.69) is 10.6 Å². The zero-order valence-corrected chi connectivity index (χ0v) is 14.8. The van der Waals surface area contributed by atoms with E-state index in [0.717, 1.165) is 6.07 Å². The Labute approximate surface area is 153 Å². The van der Waals surface area contributed by atoms with E-state index in [4.69, 9.17) is 11.6 Å². The van der Waals surface area contributed by atoms with Gasteiger partial charge in [0.1, 0.15) is 5.82 Å². The predicted molar refractivity (Wildman–Crippen MR) is 95.5 cm³/mol. The third-order valence-electron chi connectivity index (χ3n) is 3.25. The number of amides is 2. The lowest BCUT2D eigenvalue weighted by atomic mass is 10.1. The quantitative estimate of drug-likeness (QED) is 0.684. The van der Waals surface area contributed by atoms with Gasteiger partial charge in [0.15, 0.2) is 5.78 Å². The second kappa shape index (κ2) is 9.29. The fourth-order valence-electron chi connectivity index (χ4n) is 2.02. The molecule has 0 aliphatic heterocycles. The summed E-state index contributed by atoms with van der Waals surface area (Å²) >= 11 is 6.99. The molecule has 0 atom stereocenters. The van der Waals surface area contributed by atoms with E-state index in [1.54, 1.807) is 12.1 Å². The molecule has 0 radical (unpaired) electrons. The van der Waals surface area contributed by atoms with Gasteiger partial charge in [0.2, 0.25) is 11.8 Å². The average Bonchev–Trinajstić information content (AvgIpc) is 3.11. The van der Waals surface area contributed by atoms with Gasteiger partial charge in [-0.25, -0.2) is 4.39 Å². The van der Waals surface area contributed by atoms with E-state index in [-0.39, 0.29) is 36.1 Å². The summed E-state index contributed by atoms with van der Waals surface area (Å²) in [6.45, 7) is -0.216. The van der Waals surface area contributed by atoms with E-state index in [0.29, 0.717) is 17.0 Å². The Morgan fingerprint density at radius 3 is 2.60 bits per heavy atom. The Kier molecular flexibility index (Phi) is 7.09. The van der Waals surface area contributed by atoms with Crippen molar-refractivity contribution in [1.82, 2.24) is 5.32 Å². The van der Waals surface area contributed by atoms with Crippen molar-refractivity contribution < 1.29 is 18.8 Å². The molecule has 0 unspecified atom stereocenters. The van der Waals surface area contributed by atoms with Crippen LogP contribution in [0.15, 0.2) is 35.7 Å². The number of hydrogen-bond donors (Lipinski definition) is 2. The van der Waals surface area contributed by atoms with Crippen molar-refractivity contribution in [3.8, 4) is 0 Å². The zero-order valence-electron chi connectivity index (χ0n) is 13.2. The second-order valence-electron chi connectivity index (χ2n) is 5.21. The summed E-state index contributed by atoms with van der Waals surface area (Å²) in [7, 11) is 0. The summed E-state index contributed by atoms with van der Waals surface area (Å²) in [5, 5.41) is 6.70. The number of anilines is 1. The van der Waals surface area contributed by atoms with Crippen LogP contribution in [0.5, 0.6) is 0 Å². The van der Waals surface area contributed by atoms with Crippen molar-refractivity contribution in [3.05, 3.63) is 51.4 Å². The molecule has 1 aromatic heterocycles. The fraction of sp³-hybridized carbons (Fsp3) is 0.235. The van der Waals surface area contributed by atoms with Gasteiger partial charge in [-0.3, -0.25) is 14.4 Å². The number of Topliss-reactive ketones (excluding diaryl/α,β-unsaturated/α-hetero) is 1. The zero-order chi connectivity index (χ0) is 18.2. The lowest BCUT2D eigenvalue weighted by molar-refractivity contribution is -0.124. The Bertz CT molecular complexity index is 765. The van der Waals surface area contributed by atoms with Crippen LogP contribution in [-0.4, -0.2) is 24.1 Å². The number of rotatable bonds is 8. The van der Waals surface area contributed by atoms with Gasteiger partial charge in [-0.1, -0.05) is 17.7 Å². The molecule has 2 amide bonds. The van der Waals surface area contributed by atoms with E-state index in [1.165, 1.54) is 23.5 Å². The van der Waals surface area contributed by atoms with Crippen molar-refractivity contribution in [2.24, 2.45) is 0 Å². The Morgan fingerprint density at radius 2 is 1.92 bits per heavy atom. The molecule has 2 N–H and O–H groups in total. The molecular formula is C17H16ClFN2O3S. The Balaban J connectivity index is 1.66. The number of nitrogens with one attached hydrogen (secondary N) is 2. The molecule has 0 aliphatic carbocycles. The third kappa shape index (κ3) is 6.28. The first kappa shape index (κ1) is 19.1. The summed E-state index contributed by atoms with van der Waals surface area (Å²) in [5.41, 5.74) is 0.340. The van der Waals surface area contributed by atoms with Crippen molar-refractivity contribution in [2.45, 2.75) is 19.3 Å². The molecule has 8 heteroatoms. The summed E-state index contributed by atoms with van der Waals surface area (Å²) in [6.07, 6.45) is 0.860. The van der Waals surface area contributed by atoms with Crippen LogP contribution in [0, 0.1) is 5.82 Å². The standard InChI is InChI=1S/C17H16ClFN2O3S/c18-12-9-11(6-7-13(12)19)21-17(24)10-20-16(23)5-1-3-14(22)15-4-2-8-25-15/h2,4,6-9H,1,3,5,10H2,(H,20,23)(H,21,24). The summed E-state index contributed by atoms with van der Waals surface area (Å²) in [5.74, 6) is -1.34. The highest BCUT2D eigenvalue weighted by molar-refractivity contribution is 7.12. The van der Waals surface area contributed by atoms with E-state index in [9.17, 15) is 18.8 Å². The van der Waals surface area contributed by atoms with Crippen LogP contribution in [-0.2, 0) is 9.59 Å². The molecule has 0 aliphatic rings. The highest BCUT2D eigenvalue weighted by atomic mass is 35.5. The third-order valence-corrected chi connectivity index (χ3v) is 4.45. The largest absolute Gasteiger partial charge is 0.347 e. The molecule has 2 rings (SSSR count). The summed E-state index contributed by atoms with van der Waals surface area (Å²) in [4.78, 5) is 35.9. The normalized spacial score (nSPS) is 10.3. The first-order chi connectivity index (χ1) is 12.0. The van der Waals surface area contributed by atoms with Crippen molar-refractivity contribution in [3.63, 3.8) is 0 Å². The molecule has 0 saturated heterocycles. The van der Waals surface area contributed by atoms with Crippen LogP contribution in [0.1, 0.15) is 28.9 Å². The number of ketones is 1. The molecular weight excluding hydrogens is 367 g/mol. The number of carbonyl (C=O) groups is 3. The lowest BCUT2D eigenvalue weighted by Gasteiger charge is -2.07. The molecule has 0 saturated carbocycles. The van der Waals surface area contributed by atoms with Gasteiger partial charge in [-0.15, -0.1) is 11.3 Å². The minimum absolute atomic E-state index is 0.00808. The van der Waals surface area contributed by atoms with Crippen LogP contribution >= 0.6 is 22.9 Å². The number of carbonyl (C=O) groups excluding carboxylic acids is 3. The van der Waals surface area contributed by atoms with Gasteiger partial charge >= 0.3 is 0 Å². The van der Waals surface area contributed by atoms with Gasteiger partial charge in [0.05, 0.1) is 16.4 Å². The molecule has 132 valence electrons. The van der Waals surface area contributed by atoms with Crippen molar-refractivity contribution in [2.75, 3.05) is 11.9 Å². The number of benzene rings is 1. The van der Waals surface area contributed by atoms with Crippen LogP contribution in [0.4, 0.5) is 10.1 Å². The lowest BCUT2D eigenvalue weighted by Crippen LogP contribution is -2.32.